The normalized spacial score (nSPS) is 16.9. The fraction of sp³-hybridized carbons (Fsp3) is 0.538. The van der Waals surface area contributed by atoms with Crippen molar-refractivity contribution in [1.82, 2.24) is 8.61 Å². The van der Waals surface area contributed by atoms with Crippen LogP contribution in [0.4, 0.5) is 0 Å². The molecule has 5 nitrogen and oxygen atoms in total. The molecule has 0 bridgehead atoms. The molecule has 0 amide bonds. The predicted molar refractivity (Wildman–Crippen MR) is 81.4 cm³/mol. The van der Waals surface area contributed by atoms with Crippen LogP contribution in [-0.2, 0) is 16.8 Å². The molecule has 0 aromatic heterocycles. The Morgan fingerprint density at radius 1 is 1.30 bits per heavy atom. The van der Waals surface area contributed by atoms with Gasteiger partial charge in [-0.25, -0.2) is 0 Å². The molecule has 0 saturated carbocycles. The van der Waals surface area contributed by atoms with Crippen molar-refractivity contribution >= 4 is 26.1 Å². The van der Waals surface area contributed by atoms with Crippen molar-refractivity contribution in [2.45, 2.75) is 19.4 Å². The lowest BCUT2D eigenvalue weighted by molar-refractivity contribution is 0.243. The van der Waals surface area contributed by atoms with Crippen LogP contribution in [0.2, 0.25) is 0 Å². The highest BCUT2D eigenvalue weighted by Gasteiger charge is 2.31. The van der Waals surface area contributed by atoms with Gasteiger partial charge in [0.2, 0.25) is 0 Å². The number of hydrogen-bond acceptors (Lipinski definition) is 3. The summed E-state index contributed by atoms with van der Waals surface area (Å²) >= 11 is 3.38. The second-order valence-corrected chi connectivity index (χ2v) is 7.65. The Bertz CT molecular complexity index is 544. The van der Waals surface area contributed by atoms with Crippen molar-refractivity contribution in [3.63, 3.8) is 0 Å². The van der Waals surface area contributed by atoms with Crippen molar-refractivity contribution in [3.8, 4) is 0 Å². The third kappa shape index (κ3) is 3.79. The van der Waals surface area contributed by atoms with Gasteiger partial charge in [0, 0.05) is 30.7 Å². The van der Waals surface area contributed by atoms with E-state index in [1.807, 2.05) is 24.3 Å². The summed E-state index contributed by atoms with van der Waals surface area (Å²) in [5, 5.41) is 9.14. The minimum Gasteiger partial charge on any atom is -0.395 e. The average molecular weight is 363 g/mol. The Labute approximate surface area is 128 Å². The third-order valence-corrected chi connectivity index (χ3v) is 5.79. The minimum atomic E-state index is -3.48. The fourth-order valence-corrected chi connectivity index (χ4v) is 4.43. The predicted octanol–water partition coefficient (Wildman–Crippen LogP) is 1.58. The van der Waals surface area contributed by atoms with Gasteiger partial charge >= 0.3 is 0 Å². The van der Waals surface area contributed by atoms with E-state index >= 15 is 0 Å². The van der Waals surface area contributed by atoms with Crippen molar-refractivity contribution in [3.05, 3.63) is 34.3 Å². The molecule has 1 N–H and O–H groups in total. The van der Waals surface area contributed by atoms with Gasteiger partial charge in [-0.2, -0.15) is 17.0 Å². The van der Waals surface area contributed by atoms with Crippen LogP contribution < -0.4 is 0 Å². The van der Waals surface area contributed by atoms with Crippen LogP contribution in [0.15, 0.2) is 28.7 Å². The van der Waals surface area contributed by atoms with E-state index in [1.54, 1.807) is 0 Å². The molecular weight excluding hydrogens is 344 g/mol. The van der Waals surface area contributed by atoms with Crippen molar-refractivity contribution in [2.75, 3.05) is 26.2 Å². The maximum Gasteiger partial charge on any atom is 0.282 e. The quantitative estimate of drug-likeness (QED) is 0.835. The summed E-state index contributed by atoms with van der Waals surface area (Å²) in [7, 11) is -3.48. The molecule has 1 saturated heterocycles. The Balaban J connectivity index is 2.17. The highest BCUT2D eigenvalue weighted by molar-refractivity contribution is 9.10. The summed E-state index contributed by atoms with van der Waals surface area (Å²) in [6.45, 7) is 1.36. The van der Waals surface area contributed by atoms with Crippen molar-refractivity contribution < 1.29 is 13.5 Å². The van der Waals surface area contributed by atoms with Crippen LogP contribution in [0.1, 0.15) is 18.4 Å². The lowest BCUT2D eigenvalue weighted by atomic mass is 10.2. The molecule has 7 heteroatoms. The minimum absolute atomic E-state index is 0.116. The SMILES string of the molecule is O=S(=O)(N1CCCC1)N(CCO)Cc1cccc(Br)c1. The molecule has 1 aromatic rings. The summed E-state index contributed by atoms with van der Waals surface area (Å²) in [6.07, 6.45) is 1.81. The Hall–Kier alpha value is -0.470. The number of nitrogens with zero attached hydrogens (tertiary/aromatic N) is 2. The van der Waals surface area contributed by atoms with Crippen LogP contribution >= 0.6 is 15.9 Å². The van der Waals surface area contributed by atoms with Gasteiger partial charge in [0.25, 0.3) is 10.2 Å². The van der Waals surface area contributed by atoms with E-state index in [0.29, 0.717) is 13.1 Å². The van der Waals surface area contributed by atoms with Crippen molar-refractivity contribution in [2.24, 2.45) is 0 Å². The zero-order valence-electron chi connectivity index (χ0n) is 11.2. The first kappa shape index (κ1) is 15.9. The van der Waals surface area contributed by atoms with E-state index in [1.165, 1.54) is 8.61 Å². The number of aliphatic hydroxyl groups excluding tert-OH is 1. The molecule has 1 aromatic carbocycles. The van der Waals surface area contributed by atoms with E-state index in [4.69, 9.17) is 5.11 Å². The summed E-state index contributed by atoms with van der Waals surface area (Å²) in [4.78, 5) is 0. The maximum atomic E-state index is 12.5. The van der Waals surface area contributed by atoms with E-state index in [0.717, 1.165) is 22.9 Å². The van der Waals surface area contributed by atoms with Gasteiger partial charge in [0.05, 0.1) is 6.61 Å². The summed E-state index contributed by atoms with van der Waals surface area (Å²) < 4.78 is 28.8. The summed E-state index contributed by atoms with van der Waals surface area (Å²) in [5.74, 6) is 0. The number of aliphatic hydroxyl groups is 1. The Morgan fingerprint density at radius 2 is 2.00 bits per heavy atom. The average Bonchev–Trinajstić information content (AvgIpc) is 2.93. The first-order chi connectivity index (χ1) is 9.54. The molecule has 112 valence electrons. The van der Waals surface area contributed by atoms with Crippen LogP contribution in [0.5, 0.6) is 0 Å². The molecular formula is C13H19BrN2O3S. The van der Waals surface area contributed by atoms with Gasteiger partial charge in [-0.15, -0.1) is 0 Å². The molecule has 0 spiro atoms. The number of halogens is 1. The second-order valence-electron chi connectivity index (χ2n) is 4.80. The fourth-order valence-electron chi connectivity index (χ4n) is 2.31. The first-order valence-electron chi connectivity index (χ1n) is 6.64. The van der Waals surface area contributed by atoms with Crippen LogP contribution in [0.25, 0.3) is 0 Å². The highest BCUT2D eigenvalue weighted by atomic mass is 79.9. The van der Waals surface area contributed by atoms with Gasteiger partial charge in [-0.3, -0.25) is 0 Å². The molecule has 1 aliphatic rings. The maximum absolute atomic E-state index is 12.5. The van der Waals surface area contributed by atoms with Gasteiger partial charge in [-0.05, 0) is 30.5 Å². The summed E-state index contributed by atoms with van der Waals surface area (Å²) in [5.41, 5.74) is 0.899. The largest absolute Gasteiger partial charge is 0.395 e. The highest BCUT2D eigenvalue weighted by Crippen LogP contribution is 2.20. The third-order valence-electron chi connectivity index (χ3n) is 3.31. The Morgan fingerprint density at radius 3 is 2.60 bits per heavy atom. The molecule has 1 fully saturated rings. The Kier molecular flexibility index (Phi) is 5.57. The number of hydrogen-bond donors (Lipinski definition) is 1. The zero-order valence-corrected chi connectivity index (χ0v) is 13.6. The number of rotatable bonds is 6. The molecule has 0 aliphatic carbocycles. The monoisotopic (exact) mass is 362 g/mol. The number of benzene rings is 1. The molecule has 0 unspecified atom stereocenters. The van der Waals surface area contributed by atoms with E-state index in [-0.39, 0.29) is 19.7 Å². The van der Waals surface area contributed by atoms with Crippen LogP contribution in [-0.4, -0.2) is 48.4 Å². The molecule has 20 heavy (non-hydrogen) atoms. The summed E-state index contributed by atoms with van der Waals surface area (Å²) in [6, 6.07) is 7.55. The molecule has 0 radical (unpaired) electrons. The topological polar surface area (TPSA) is 60.9 Å². The van der Waals surface area contributed by atoms with Crippen LogP contribution in [0, 0.1) is 0 Å². The smallest absolute Gasteiger partial charge is 0.282 e. The second kappa shape index (κ2) is 7.00. The van der Waals surface area contributed by atoms with E-state index in [9.17, 15) is 8.42 Å². The van der Waals surface area contributed by atoms with Gasteiger partial charge < -0.3 is 5.11 Å². The van der Waals surface area contributed by atoms with E-state index < -0.39 is 10.2 Å². The van der Waals surface area contributed by atoms with Crippen LogP contribution in [0.3, 0.4) is 0 Å². The molecule has 1 heterocycles. The molecule has 1 aliphatic heterocycles. The molecule has 0 atom stereocenters. The molecule has 2 rings (SSSR count). The first-order valence-corrected chi connectivity index (χ1v) is 8.83. The van der Waals surface area contributed by atoms with Crippen molar-refractivity contribution in [1.29, 1.82) is 0 Å². The standard InChI is InChI=1S/C13H19BrN2O3S/c14-13-5-3-4-12(10-13)11-16(8-9-17)20(18,19)15-6-1-2-7-15/h3-5,10,17H,1-2,6-9,11H2. The lowest BCUT2D eigenvalue weighted by Gasteiger charge is -2.26. The van der Waals surface area contributed by atoms with Gasteiger partial charge in [0.1, 0.15) is 0 Å². The van der Waals surface area contributed by atoms with Gasteiger partial charge in [-0.1, -0.05) is 28.1 Å². The lowest BCUT2D eigenvalue weighted by Crippen LogP contribution is -2.43. The van der Waals surface area contributed by atoms with E-state index in [2.05, 4.69) is 15.9 Å². The van der Waals surface area contributed by atoms with Gasteiger partial charge in [0.15, 0.2) is 0 Å². The zero-order chi connectivity index (χ0) is 14.6.